The number of nitrogens with one attached hydrogen (secondary N) is 1. The van der Waals surface area contributed by atoms with E-state index in [0.717, 1.165) is 56.0 Å². The Labute approximate surface area is 147 Å². The lowest BCUT2D eigenvalue weighted by atomic mass is 10.3. The zero-order valence-corrected chi connectivity index (χ0v) is 15.3. The van der Waals surface area contributed by atoms with E-state index in [-0.39, 0.29) is 11.2 Å². The maximum absolute atomic E-state index is 12.5. The Morgan fingerprint density at radius 1 is 1.29 bits per heavy atom. The number of para-hydroxylation sites is 2. The number of hydrogen-bond donors (Lipinski definition) is 1. The molecule has 0 bridgehead atoms. The van der Waals surface area contributed by atoms with Gasteiger partial charge >= 0.3 is 0 Å². The van der Waals surface area contributed by atoms with E-state index >= 15 is 0 Å². The number of benzene rings is 1. The molecule has 5 nitrogen and oxygen atoms in total. The second kappa shape index (κ2) is 8.03. The fourth-order valence-electron chi connectivity index (χ4n) is 3.07. The van der Waals surface area contributed by atoms with Gasteiger partial charge in [-0.2, -0.15) is 0 Å². The number of carbonyl (C=O) groups is 1. The van der Waals surface area contributed by atoms with Gasteiger partial charge in [0, 0.05) is 19.6 Å². The summed E-state index contributed by atoms with van der Waals surface area (Å²) in [5.41, 5.74) is 2.04. The zero-order valence-electron chi connectivity index (χ0n) is 14.5. The first-order valence-electron chi connectivity index (χ1n) is 8.73. The minimum Gasteiger partial charge on any atom is -0.341 e. The molecule has 24 heavy (non-hydrogen) atoms. The summed E-state index contributed by atoms with van der Waals surface area (Å²) >= 11 is 1.66. The van der Waals surface area contributed by atoms with Gasteiger partial charge in [0.25, 0.3) is 0 Å². The summed E-state index contributed by atoms with van der Waals surface area (Å²) in [4.78, 5) is 24.9. The maximum Gasteiger partial charge on any atom is 0.232 e. The highest BCUT2D eigenvalue weighted by Crippen LogP contribution is 2.28. The molecule has 3 rings (SSSR count). The van der Waals surface area contributed by atoms with Gasteiger partial charge in [-0.1, -0.05) is 19.1 Å². The molecule has 6 heteroatoms. The fraction of sp³-hybridized carbons (Fsp3) is 0.556. The Bertz CT molecular complexity index is 653. The standard InChI is InChI=1S/C18H26N4OS/c1-3-21-9-6-10-22(12-11-21)17(23)13-24-14(2)18-19-15-7-4-5-8-16(15)20-18/h4-5,7-8,14H,3,6,9-13H2,1-2H3,(H,19,20). The minimum absolute atomic E-state index is 0.181. The predicted octanol–water partition coefficient (Wildman–Crippen LogP) is 2.91. The number of aromatic amines is 1. The highest BCUT2D eigenvalue weighted by molar-refractivity contribution is 8.00. The number of imidazole rings is 1. The first-order valence-corrected chi connectivity index (χ1v) is 9.78. The Morgan fingerprint density at radius 3 is 2.92 bits per heavy atom. The monoisotopic (exact) mass is 346 g/mol. The molecular weight excluding hydrogens is 320 g/mol. The molecule has 1 saturated heterocycles. The summed E-state index contributed by atoms with van der Waals surface area (Å²) in [7, 11) is 0. The molecule has 130 valence electrons. The number of H-pyrrole nitrogens is 1. The molecule has 0 radical (unpaired) electrons. The van der Waals surface area contributed by atoms with Gasteiger partial charge in [0.2, 0.25) is 5.91 Å². The van der Waals surface area contributed by atoms with Crippen molar-refractivity contribution in [2.24, 2.45) is 0 Å². The number of nitrogens with zero attached hydrogens (tertiary/aromatic N) is 3. The van der Waals surface area contributed by atoms with Crippen molar-refractivity contribution in [2.45, 2.75) is 25.5 Å². The number of likely N-dealkylation sites (N-methyl/N-ethyl adjacent to an activating group) is 1. The summed E-state index contributed by atoms with van der Waals surface area (Å²) in [5.74, 6) is 1.72. The van der Waals surface area contributed by atoms with Crippen molar-refractivity contribution in [3.63, 3.8) is 0 Å². The van der Waals surface area contributed by atoms with E-state index in [4.69, 9.17) is 0 Å². The van der Waals surface area contributed by atoms with Gasteiger partial charge in [0.05, 0.1) is 22.0 Å². The number of fused-ring (bicyclic) bond motifs is 1. The van der Waals surface area contributed by atoms with Crippen LogP contribution in [-0.2, 0) is 4.79 Å². The molecule has 1 aliphatic rings. The van der Waals surface area contributed by atoms with E-state index in [1.54, 1.807) is 11.8 Å². The second-order valence-corrected chi connectivity index (χ2v) is 7.59. The van der Waals surface area contributed by atoms with Crippen LogP contribution in [0.25, 0.3) is 11.0 Å². The van der Waals surface area contributed by atoms with Crippen LogP contribution in [0.1, 0.15) is 31.3 Å². The van der Waals surface area contributed by atoms with E-state index in [1.165, 1.54) is 0 Å². The quantitative estimate of drug-likeness (QED) is 0.904. The number of carbonyl (C=O) groups excluding carboxylic acids is 1. The van der Waals surface area contributed by atoms with Crippen LogP contribution in [0.15, 0.2) is 24.3 Å². The van der Waals surface area contributed by atoms with Crippen molar-refractivity contribution in [2.75, 3.05) is 38.5 Å². The lowest BCUT2D eigenvalue weighted by Gasteiger charge is -2.21. The lowest BCUT2D eigenvalue weighted by molar-refractivity contribution is -0.128. The maximum atomic E-state index is 12.5. The topological polar surface area (TPSA) is 52.2 Å². The highest BCUT2D eigenvalue weighted by atomic mass is 32.2. The third-order valence-corrected chi connectivity index (χ3v) is 5.77. The van der Waals surface area contributed by atoms with Gasteiger partial charge in [-0.15, -0.1) is 11.8 Å². The molecule has 2 heterocycles. The number of rotatable bonds is 5. The number of amides is 1. The Hall–Kier alpha value is -1.53. The molecule has 1 unspecified atom stereocenters. The van der Waals surface area contributed by atoms with E-state index in [9.17, 15) is 4.79 Å². The third kappa shape index (κ3) is 4.11. The third-order valence-electron chi connectivity index (χ3n) is 4.64. The van der Waals surface area contributed by atoms with E-state index in [0.29, 0.717) is 5.75 Å². The van der Waals surface area contributed by atoms with E-state index in [2.05, 4.69) is 28.7 Å². The van der Waals surface area contributed by atoms with Crippen LogP contribution in [0.4, 0.5) is 0 Å². The van der Waals surface area contributed by atoms with Crippen molar-refractivity contribution in [3.05, 3.63) is 30.1 Å². The molecule has 1 amide bonds. The number of hydrogen-bond acceptors (Lipinski definition) is 4. The highest BCUT2D eigenvalue weighted by Gasteiger charge is 2.20. The van der Waals surface area contributed by atoms with Crippen LogP contribution in [0, 0.1) is 0 Å². The largest absolute Gasteiger partial charge is 0.341 e. The summed E-state index contributed by atoms with van der Waals surface area (Å²) in [5, 5.41) is 0.181. The van der Waals surface area contributed by atoms with Crippen molar-refractivity contribution >= 4 is 28.7 Å². The molecule has 0 saturated carbocycles. The molecule has 2 aromatic rings. The summed E-state index contributed by atoms with van der Waals surface area (Å²) < 4.78 is 0. The van der Waals surface area contributed by atoms with Crippen molar-refractivity contribution < 1.29 is 4.79 Å². The molecule has 0 aliphatic carbocycles. The molecule has 1 aromatic heterocycles. The van der Waals surface area contributed by atoms with Gasteiger partial charge in [-0.05, 0) is 38.6 Å². The van der Waals surface area contributed by atoms with Crippen molar-refractivity contribution in [1.82, 2.24) is 19.8 Å². The Balaban J connectivity index is 1.53. The van der Waals surface area contributed by atoms with Crippen LogP contribution in [0.3, 0.4) is 0 Å². The smallest absolute Gasteiger partial charge is 0.232 e. The zero-order chi connectivity index (χ0) is 16.9. The van der Waals surface area contributed by atoms with Gasteiger partial charge in [-0.25, -0.2) is 4.98 Å². The average molecular weight is 347 g/mol. The molecule has 0 spiro atoms. The normalized spacial score (nSPS) is 17.8. The van der Waals surface area contributed by atoms with E-state index < -0.39 is 0 Å². The number of thioether (sulfide) groups is 1. The summed E-state index contributed by atoms with van der Waals surface area (Å²) in [6.07, 6.45) is 1.07. The van der Waals surface area contributed by atoms with Crippen molar-refractivity contribution in [3.8, 4) is 0 Å². The number of aromatic nitrogens is 2. The lowest BCUT2D eigenvalue weighted by Crippen LogP contribution is -2.36. The van der Waals surface area contributed by atoms with Gasteiger partial charge in [-0.3, -0.25) is 4.79 Å². The predicted molar refractivity (Wildman–Crippen MR) is 100 cm³/mol. The first kappa shape index (κ1) is 17.3. The molecular formula is C18H26N4OS. The molecule has 1 fully saturated rings. The van der Waals surface area contributed by atoms with Gasteiger partial charge in [0.15, 0.2) is 0 Å². The average Bonchev–Trinajstić information content (AvgIpc) is 2.89. The van der Waals surface area contributed by atoms with E-state index in [1.807, 2.05) is 29.2 Å². The fourth-order valence-corrected chi connectivity index (χ4v) is 3.91. The first-order chi connectivity index (χ1) is 11.7. The molecule has 1 N–H and O–H groups in total. The van der Waals surface area contributed by atoms with Gasteiger partial charge in [0.1, 0.15) is 5.82 Å². The van der Waals surface area contributed by atoms with Crippen molar-refractivity contribution in [1.29, 1.82) is 0 Å². The Kier molecular flexibility index (Phi) is 5.79. The van der Waals surface area contributed by atoms with Crippen LogP contribution in [0.2, 0.25) is 0 Å². The summed E-state index contributed by atoms with van der Waals surface area (Å²) in [6, 6.07) is 8.04. The minimum atomic E-state index is 0.181. The SMILES string of the molecule is CCN1CCCN(C(=O)CSC(C)c2nc3ccccc3[nH]2)CC1. The Morgan fingerprint density at radius 2 is 2.12 bits per heavy atom. The molecule has 1 aromatic carbocycles. The van der Waals surface area contributed by atoms with Crippen LogP contribution in [0.5, 0.6) is 0 Å². The summed E-state index contributed by atoms with van der Waals surface area (Å²) in [6.45, 7) is 9.19. The van der Waals surface area contributed by atoms with Crippen LogP contribution < -0.4 is 0 Å². The second-order valence-electron chi connectivity index (χ2n) is 6.26. The molecule has 1 atom stereocenters. The van der Waals surface area contributed by atoms with Crippen LogP contribution in [-0.4, -0.2) is 64.2 Å². The molecule has 1 aliphatic heterocycles. The van der Waals surface area contributed by atoms with Gasteiger partial charge < -0.3 is 14.8 Å². The van der Waals surface area contributed by atoms with Crippen LogP contribution >= 0.6 is 11.8 Å².